The number of hydrogen-bond donors (Lipinski definition) is 1. The van der Waals surface area contributed by atoms with Crippen molar-refractivity contribution in [3.8, 4) is 0 Å². The Morgan fingerprint density at radius 3 is 2.71 bits per heavy atom. The van der Waals surface area contributed by atoms with Gasteiger partial charge in [-0.15, -0.1) is 0 Å². The van der Waals surface area contributed by atoms with Gasteiger partial charge in [0.2, 0.25) is 0 Å². The van der Waals surface area contributed by atoms with E-state index in [2.05, 4.69) is 41.8 Å². The zero-order chi connectivity index (χ0) is 10.6. The summed E-state index contributed by atoms with van der Waals surface area (Å²) < 4.78 is 0. The molecule has 0 aliphatic carbocycles. The number of aromatic amines is 1. The second kappa shape index (κ2) is 4.31. The van der Waals surface area contributed by atoms with Crippen LogP contribution < -0.4 is 0 Å². The van der Waals surface area contributed by atoms with Crippen molar-refractivity contribution in [3.63, 3.8) is 0 Å². The van der Waals surface area contributed by atoms with Crippen LogP contribution in [-0.2, 0) is 5.54 Å². The van der Waals surface area contributed by atoms with Crippen LogP contribution in [0.4, 0.5) is 0 Å². The van der Waals surface area contributed by atoms with E-state index in [-0.39, 0.29) is 5.54 Å². The normalized spacial score (nSPS) is 12.3. The molecule has 78 valence electrons. The Morgan fingerprint density at radius 2 is 2.29 bits per heavy atom. The van der Waals surface area contributed by atoms with Crippen LogP contribution >= 0.6 is 0 Å². The Morgan fingerprint density at radius 1 is 1.57 bits per heavy atom. The number of imidazole rings is 1. The molecule has 3 nitrogen and oxygen atoms in total. The zero-order valence-corrected chi connectivity index (χ0v) is 9.41. The zero-order valence-electron chi connectivity index (χ0n) is 9.41. The van der Waals surface area contributed by atoms with E-state index in [1.807, 2.05) is 19.2 Å². The van der Waals surface area contributed by atoms with Crippen molar-refractivity contribution in [2.45, 2.75) is 33.2 Å². The van der Waals surface area contributed by atoms with E-state index in [0.717, 1.165) is 12.4 Å². The van der Waals surface area contributed by atoms with Crippen LogP contribution in [-0.4, -0.2) is 21.4 Å². The molecule has 0 bridgehead atoms. The Bertz CT molecular complexity index is 285. The number of nitrogens with one attached hydrogen (secondary N) is 1. The molecular weight excluding hydrogens is 174 g/mol. The third-order valence-corrected chi connectivity index (χ3v) is 2.47. The molecule has 0 aliphatic rings. The quantitative estimate of drug-likeness (QED) is 0.796. The molecule has 3 heteroatoms. The second-order valence-electron chi connectivity index (χ2n) is 3.77. The van der Waals surface area contributed by atoms with Crippen LogP contribution in [0.3, 0.4) is 0 Å². The third kappa shape index (κ3) is 1.97. The molecule has 1 rings (SSSR count). The van der Waals surface area contributed by atoms with Gasteiger partial charge in [-0.05, 0) is 33.9 Å². The fraction of sp³-hybridized carbons (Fsp3) is 0.545. The number of allylic oxidation sites excluding steroid dienone is 1. The number of aromatic nitrogens is 2. The highest BCUT2D eigenvalue weighted by Gasteiger charge is 2.27. The summed E-state index contributed by atoms with van der Waals surface area (Å²) in [5, 5.41) is 0. The first-order chi connectivity index (χ1) is 6.62. The van der Waals surface area contributed by atoms with Crippen molar-refractivity contribution < 1.29 is 0 Å². The van der Waals surface area contributed by atoms with Crippen molar-refractivity contribution in [2.75, 3.05) is 6.54 Å². The summed E-state index contributed by atoms with van der Waals surface area (Å²) in [7, 11) is 0. The Kier molecular flexibility index (Phi) is 3.33. The molecule has 14 heavy (non-hydrogen) atoms. The topological polar surface area (TPSA) is 31.9 Å². The fourth-order valence-corrected chi connectivity index (χ4v) is 1.60. The summed E-state index contributed by atoms with van der Waals surface area (Å²) in [6.07, 6.45) is 7.80. The van der Waals surface area contributed by atoms with Gasteiger partial charge in [0, 0.05) is 18.9 Å². The molecule has 0 radical (unpaired) electrons. The van der Waals surface area contributed by atoms with E-state index < -0.39 is 0 Å². The van der Waals surface area contributed by atoms with Crippen LogP contribution in [0, 0.1) is 0 Å². The molecule has 0 saturated heterocycles. The van der Waals surface area contributed by atoms with Gasteiger partial charge in [-0.25, -0.2) is 4.98 Å². The maximum Gasteiger partial charge on any atom is 0.131 e. The average molecular weight is 193 g/mol. The molecule has 1 heterocycles. The number of rotatable bonds is 4. The molecule has 0 aliphatic heterocycles. The molecule has 1 aromatic heterocycles. The van der Waals surface area contributed by atoms with Crippen molar-refractivity contribution >= 4 is 0 Å². The minimum atomic E-state index is -0.0786. The van der Waals surface area contributed by atoms with Crippen LogP contribution in [0.15, 0.2) is 24.7 Å². The van der Waals surface area contributed by atoms with Crippen LogP contribution in [0.1, 0.15) is 33.5 Å². The van der Waals surface area contributed by atoms with Crippen LogP contribution in [0.5, 0.6) is 0 Å². The Hall–Kier alpha value is -1.25. The van der Waals surface area contributed by atoms with Gasteiger partial charge in [0.05, 0.1) is 5.54 Å². The number of hydrogen-bond acceptors (Lipinski definition) is 2. The standard InChI is InChI=1S/C11H19N3/c1-5-9-14(6-2)11(3,4)10-12-7-8-13-10/h5,7-9H,6H2,1-4H3,(H,12,13)/b9-5-. The first kappa shape index (κ1) is 10.8. The lowest BCUT2D eigenvalue weighted by molar-refractivity contribution is 0.184. The lowest BCUT2D eigenvalue weighted by Gasteiger charge is -2.35. The van der Waals surface area contributed by atoms with Crippen LogP contribution in [0.25, 0.3) is 0 Å². The van der Waals surface area contributed by atoms with Gasteiger partial charge < -0.3 is 9.88 Å². The highest BCUT2D eigenvalue weighted by molar-refractivity contribution is 5.05. The maximum absolute atomic E-state index is 4.31. The van der Waals surface area contributed by atoms with Gasteiger partial charge in [-0.2, -0.15) is 0 Å². The third-order valence-electron chi connectivity index (χ3n) is 2.47. The molecule has 1 aromatic rings. The smallest absolute Gasteiger partial charge is 0.131 e. The van der Waals surface area contributed by atoms with Crippen molar-refractivity contribution in [2.24, 2.45) is 0 Å². The van der Waals surface area contributed by atoms with Gasteiger partial charge in [0.1, 0.15) is 5.82 Å². The summed E-state index contributed by atoms with van der Waals surface area (Å²) in [6, 6.07) is 0. The molecule has 0 aromatic carbocycles. The Labute approximate surface area is 85.8 Å². The number of H-pyrrole nitrogens is 1. The number of nitrogens with zero attached hydrogens (tertiary/aromatic N) is 2. The fourth-order valence-electron chi connectivity index (χ4n) is 1.60. The summed E-state index contributed by atoms with van der Waals surface area (Å²) in [6.45, 7) is 9.47. The summed E-state index contributed by atoms with van der Waals surface area (Å²) in [5.74, 6) is 0.998. The van der Waals surface area contributed by atoms with E-state index in [9.17, 15) is 0 Å². The van der Waals surface area contributed by atoms with E-state index in [1.165, 1.54) is 0 Å². The lowest BCUT2D eigenvalue weighted by atomic mass is 10.0. The summed E-state index contributed by atoms with van der Waals surface area (Å²) in [4.78, 5) is 9.73. The molecule has 0 amide bonds. The summed E-state index contributed by atoms with van der Waals surface area (Å²) in [5.41, 5.74) is -0.0786. The van der Waals surface area contributed by atoms with E-state index in [1.54, 1.807) is 6.20 Å². The van der Waals surface area contributed by atoms with Gasteiger partial charge >= 0.3 is 0 Å². The Balaban J connectivity index is 2.92. The highest BCUT2D eigenvalue weighted by atomic mass is 15.2. The summed E-state index contributed by atoms with van der Waals surface area (Å²) >= 11 is 0. The first-order valence-electron chi connectivity index (χ1n) is 5.02. The molecule has 0 spiro atoms. The minimum Gasteiger partial charge on any atom is -0.366 e. The van der Waals surface area contributed by atoms with E-state index in [0.29, 0.717) is 0 Å². The monoisotopic (exact) mass is 193 g/mol. The molecular formula is C11H19N3. The van der Waals surface area contributed by atoms with Gasteiger partial charge in [0.25, 0.3) is 0 Å². The average Bonchev–Trinajstić information content (AvgIpc) is 2.66. The molecule has 0 saturated carbocycles. The lowest BCUT2D eigenvalue weighted by Crippen LogP contribution is -2.38. The van der Waals surface area contributed by atoms with Gasteiger partial charge in [-0.3, -0.25) is 0 Å². The van der Waals surface area contributed by atoms with Gasteiger partial charge in [-0.1, -0.05) is 6.08 Å². The molecule has 1 N–H and O–H groups in total. The maximum atomic E-state index is 4.31. The predicted octanol–water partition coefficient (Wildman–Crippen LogP) is 2.50. The second-order valence-corrected chi connectivity index (χ2v) is 3.77. The van der Waals surface area contributed by atoms with Crippen molar-refractivity contribution in [1.82, 2.24) is 14.9 Å². The highest BCUT2D eigenvalue weighted by Crippen LogP contribution is 2.24. The molecule has 0 unspecified atom stereocenters. The SMILES string of the molecule is C/C=C\N(CC)C(C)(C)c1ncc[nH]1. The largest absolute Gasteiger partial charge is 0.366 e. The first-order valence-corrected chi connectivity index (χ1v) is 5.02. The van der Waals surface area contributed by atoms with Crippen LogP contribution in [0.2, 0.25) is 0 Å². The minimum absolute atomic E-state index is 0.0786. The van der Waals surface area contributed by atoms with Gasteiger partial charge in [0.15, 0.2) is 0 Å². The predicted molar refractivity (Wildman–Crippen MR) is 58.8 cm³/mol. The van der Waals surface area contributed by atoms with E-state index >= 15 is 0 Å². The van der Waals surface area contributed by atoms with Crippen molar-refractivity contribution in [1.29, 1.82) is 0 Å². The molecule has 0 atom stereocenters. The molecule has 0 fully saturated rings. The van der Waals surface area contributed by atoms with E-state index in [4.69, 9.17) is 0 Å². The van der Waals surface area contributed by atoms with Crippen molar-refractivity contribution in [3.05, 3.63) is 30.5 Å².